The van der Waals surface area contributed by atoms with Gasteiger partial charge in [-0.15, -0.1) is 11.3 Å². The number of aromatic nitrogens is 5. The van der Waals surface area contributed by atoms with Crippen molar-refractivity contribution >= 4 is 40.2 Å². The molecular weight excluding hydrogens is 556 g/mol. The van der Waals surface area contributed by atoms with Crippen LogP contribution in [0.25, 0.3) is 16.2 Å². The van der Waals surface area contributed by atoms with Crippen LogP contribution in [0.1, 0.15) is 44.9 Å². The van der Waals surface area contributed by atoms with Crippen LogP contribution in [0.15, 0.2) is 42.5 Å². The summed E-state index contributed by atoms with van der Waals surface area (Å²) >= 11 is 7.49. The summed E-state index contributed by atoms with van der Waals surface area (Å²) in [7, 11) is 0. The SMILES string of the molecule is CCc1ccc(-c2cc(C(F)(F)F)n3nc(C(=O)Nc4c(C)nn(Cc5c(F)cccc5Cl)c4C)cc3n2)s1. The van der Waals surface area contributed by atoms with Crippen LogP contribution in [0.5, 0.6) is 0 Å². The van der Waals surface area contributed by atoms with E-state index in [1.807, 2.05) is 13.0 Å². The maximum atomic E-state index is 14.3. The van der Waals surface area contributed by atoms with E-state index in [9.17, 15) is 22.4 Å². The molecule has 1 aromatic carbocycles. The van der Waals surface area contributed by atoms with Gasteiger partial charge in [-0.25, -0.2) is 13.9 Å². The minimum atomic E-state index is -4.73. The van der Waals surface area contributed by atoms with Gasteiger partial charge in [0.2, 0.25) is 0 Å². The Morgan fingerprint density at radius 2 is 1.90 bits per heavy atom. The van der Waals surface area contributed by atoms with Crippen LogP contribution >= 0.6 is 22.9 Å². The van der Waals surface area contributed by atoms with Crippen LogP contribution in [0.2, 0.25) is 5.02 Å². The molecule has 5 rings (SSSR count). The summed E-state index contributed by atoms with van der Waals surface area (Å²) in [6.07, 6.45) is -3.98. The molecule has 0 aliphatic heterocycles. The second-order valence-electron chi connectivity index (χ2n) is 8.80. The summed E-state index contributed by atoms with van der Waals surface area (Å²) in [6.45, 7) is 5.30. The van der Waals surface area contributed by atoms with Crippen LogP contribution in [-0.4, -0.2) is 30.3 Å². The monoisotopic (exact) mass is 576 g/mol. The first-order valence-electron chi connectivity index (χ1n) is 11.8. The zero-order chi connectivity index (χ0) is 28.1. The smallest absolute Gasteiger partial charge is 0.317 e. The molecule has 13 heteroatoms. The molecule has 39 heavy (non-hydrogen) atoms. The minimum Gasteiger partial charge on any atom is -0.317 e. The van der Waals surface area contributed by atoms with E-state index in [4.69, 9.17) is 11.6 Å². The first-order valence-corrected chi connectivity index (χ1v) is 13.0. The molecular formula is C26H21ClF4N6OS. The molecule has 0 bridgehead atoms. The molecule has 0 radical (unpaired) electrons. The molecule has 4 heterocycles. The van der Waals surface area contributed by atoms with Crippen LogP contribution in [-0.2, 0) is 19.1 Å². The summed E-state index contributed by atoms with van der Waals surface area (Å²) < 4.78 is 58.3. The lowest BCUT2D eigenvalue weighted by Crippen LogP contribution is -2.16. The summed E-state index contributed by atoms with van der Waals surface area (Å²) in [6, 6.07) is 10.1. The van der Waals surface area contributed by atoms with Gasteiger partial charge in [-0.1, -0.05) is 24.6 Å². The number of nitrogens with zero attached hydrogens (tertiary/aromatic N) is 5. The standard InChI is InChI=1S/C26H21ClF4N6OS/c1-4-15-8-9-21(39-15)19-10-22(26(29,30)31)37-23(32-19)11-20(35-37)25(38)33-24-13(2)34-36(14(24)3)12-16-17(27)6-5-7-18(16)28/h5-11H,4,12H2,1-3H3,(H,33,38). The highest BCUT2D eigenvalue weighted by Crippen LogP contribution is 2.34. The molecule has 0 unspecified atom stereocenters. The summed E-state index contributed by atoms with van der Waals surface area (Å²) in [5, 5.41) is 11.2. The van der Waals surface area contributed by atoms with E-state index in [0.29, 0.717) is 26.5 Å². The molecule has 0 atom stereocenters. The lowest BCUT2D eigenvalue weighted by Gasteiger charge is -2.10. The van der Waals surface area contributed by atoms with Gasteiger partial charge in [-0.2, -0.15) is 23.4 Å². The maximum Gasteiger partial charge on any atom is 0.433 e. The fraction of sp³-hybridized carbons (Fsp3) is 0.231. The van der Waals surface area contributed by atoms with Crippen molar-refractivity contribution in [3.63, 3.8) is 0 Å². The Hall–Kier alpha value is -3.77. The van der Waals surface area contributed by atoms with Crippen molar-refractivity contribution < 1.29 is 22.4 Å². The van der Waals surface area contributed by atoms with Crippen molar-refractivity contribution in [3.8, 4) is 10.6 Å². The number of alkyl halides is 3. The van der Waals surface area contributed by atoms with Gasteiger partial charge in [0.05, 0.1) is 34.2 Å². The van der Waals surface area contributed by atoms with Crippen LogP contribution < -0.4 is 5.32 Å². The highest BCUT2D eigenvalue weighted by atomic mass is 35.5. The normalized spacial score (nSPS) is 11.9. The van der Waals surface area contributed by atoms with Gasteiger partial charge in [0.15, 0.2) is 17.0 Å². The van der Waals surface area contributed by atoms with Crippen LogP contribution in [0, 0.1) is 19.7 Å². The van der Waals surface area contributed by atoms with E-state index < -0.39 is 23.6 Å². The molecule has 0 aliphatic rings. The Bertz CT molecular complexity index is 1700. The third-order valence-electron chi connectivity index (χ3n) is 6.20. The number of nitrogens with one attached hydrogen (secondary N) is 1. The van der Waals surface area contributed by atoms with Gasteiger partial charge in [-0.3, -0.25) is 9.48 Å². The largest absolute Gasteiger partial charge is 0.433 e. The van der Waals surface area contributed by atoms with E-state index in [0.717, 1.165) is 17.4 Å². The van der Waals surface area contributed by atoms with Gasteiger partial charge < -0.3 is 5.32 Å². The van der Waals surface area contributed by atoms with Crippen molar-refractivity contribution in [2.45, 2.75) is 39.9 Å². The van der Waals surface area contributed by atoms with Crippen molar-refractivity contribution in [1.29, 1.82) is 0 Å². The third kappa shape index (κ3) is 5.13. The lowest BCUT2D eigenvalue weighted by molar-refractivity contribution is -0.142. The predicted octanol–water partition coefficient (Wildman–Crippen LogP) is 6.95. The number of thiophene rings is 1. The highest BCUT2D eigenvalue weighted by molar-refractivity contribution is 7.15. The maximum absolute atomic E-state index is 14.3. The molecule has 202 valence electrons. The molecule has 0 saturated heterocycles. The number of amides is 1. The van der Waals surface area contributed by atoms with Gasteiger partial charge in [0, 0.05) is 21.5 Å². The van der Waals surface area contributed by atoms with Crippen molar-refractivity contribution in [3.05, 3.63) is 86.5 Å². The number of hydrogen-bond donors (Lipinski definition) is 1. The zero-order valence-electron chi connectivity index (χ0n) is 20.9. The first-order chi connectivity index (χ1) is 18.5. The minimum absolute atomic E-state index is 0.0204. The number of hydrogen-bond acceptors (Lipinski definition) is 5. The van der Waals surface area contributed by atoms with E-state index in [2.05, 4.69) is 20.5 Å². The quantitative estimate of drug-likeness (QED) is 0.222. The second-order valence-corrected chi connectivity index (χ2v) is 10.4. The second kappa shape index (κ2) is 10.1. The number of benzene rings is 1. The summed E-state index contributed by atoms with van der Waals surface area (Å²) in [5.41, 5.74) is 0.231. The van der Waals surface area contributed by atoms with E-state index in [1.54, 1.807) is 26.0 Å². The fourth-order valence-electron chi connectivity index (χ4n) is 4.16. The average molecular weight is 577 g/mol. The van der Waals surface area contributed by atoms with Crippen LogP contribution in [0.3, 0.4) is 0 Å². The van der Waals surface area contributed by atoms with E-state index in [1.165, 1.54) is 34.2 Å². The van der Waals surface area contributed by atoms with Crippen molar-refractivity contribution in [2.24, 2.45) is 0 Å². The summed E-state index contributed by atoms with van der Waals surface area (Å²) in [4.78, 5) is 19.1. The number of aryl methyl sites for hydroxylation is 2. The fourth-order valence-corrected chi connectivity index (χ4v) is 5.29. The van der Waals surface area contributed by atoms with Gasteiger partial charge >= 0.3 is 6.18 Å². The molecule has 5 aromatic rings. The summed E-state index contributed by atoms with van der Waals surface area (Å²) in [5.74, 6) is -1.24. The van der Waals surface area contributed by atoms with Crippen molar-refractivity contribution in [1.82, 2.24) is 24.4 Å². The number of carbonyl (C=O) groups is 1. The molecule has 0 saturated carbocycles. The third-order valence-corrected chi connectivity index (χ3v) is 7.81. The Balaban J connectivity index is 1.48. The Morgan fingerprint density at radius 3 is 2.56 bits per heavy atom. The molecule has 4 aromatic heterocycles. The van der Waals surface area contributed by atoms with Gasteiger partial charge in [-0.05, 0) is 50.6 Å². The number of carbonyl (C=O) groups excluding carboxylic acids is 1. The van der Waals surface area contributed by atoms with E-state index in [-0.39, 0.29) is 34.2 Å². The number of fused-ring (bicyclic) bond motifs is 1. The molecule has 0 aliphatic carbocycles. The molecule has 0 fully saturated rings. The highest BCUT2D eigenvalue weighted by Gasteiger charge is 2.36. The Morgan fingerprint density at radius 1 is 1.13 bits per heavy atom. The van der Waals surface area contributed by atoms with Crippen LogP contribution in [0.4, 0.5) is 23.2 Å². The predicted molar refractivity (Wildman–Crippen MR) is 141 cm³/mol. The lowest BCUT2D eigenvalue weighted by atomic mass is 10.2. The topological polar surface area (TPSA) is 77.1 Å². The van der Waals surface area contributed by atoms with E-state index >= 15 is 0 Å². The van der Waals surface area contributed by atoms with Crippen molar-refractivity contribution in [2.75, 3.05) is 5.32 Å². The molecule has 1 amide bonds. The number of anilines is 1. The average Bonchev–Trinajstić information content (AvgIpc) is 3.59. The number of halogens is 5. The molecule has 0 spiro atoms. The first kappa shape index (κ1) is 26.8. The Kier molecular flexibility index (Phi) is 6.93. The van der Waals surface area contributed by atoms with Gasteiger partial charge in [0.25, 0.3) is 5.91 Å². The number of rotatable bonds is 6. The zero-order valence-corrected chi connectivity index (χ0v) is 22.5. The Labute approximate surface area is 229 Å². The molecule has 1 N–H and O–H groups in total. The molecule has 7 nitrogen and oxygen atoms in total. The van der Waals surface area contributed by atoms with Gasteiger partial charge in [0.1, 0.15) is 5.82 Å².